The minimum absolute atomic E-state index is 0.337. The first-order valence-corrected chi connectivity index (χ1v) is 5.28. The Hall–Kier alpha value is -1.56. The van der Waals surface area contributed by atoms with Gasteiger partial charge < -0.3 is 15.3 Å². The van der Waals surface area contributed by atoms with Crippen molar-refractivity contribution < 1.29 is 14.7 Å². The van der Waals surface area contributed by atoms with E-state index in [2.05, 4.69) is 21.2 Å². The van der Waals surface area contributed by atoms with Crippen molar-refractivity contribution in [3.8, 4) is 0 Å². The molecule has 2 N–H and O–H groups in total. The third kappa shape index (κ3) is 3.54. The zero-order chi connectivity index (χ0) is 12.1. The minimum Gasteiger partial charge on any atom is -0.480 e. The topological polar surface area (TPSA) is 69.6 Å². The van der Waals surface area contributed by atoms with Crippen molar-refractivity contribution in [2.24, 2.45) is 0 Å². The van der Waals surface area contributed by atoms with E-state index in [1.54, 1.807) is 18.2 Å². The van der Waals surface area contributed by atoms with E-state index in [0.717, 1.165) is 9.37 Å². The minimum atomic E-state index is -1.05. The van der Waals surface area contributed by atoms with Crippen molar-refractivity contribution in [2.75, 3.05) is 18.9 Å². The summed E-state index contributed by atoms with van der Waals surface area (Å²) in [7, 11) is 1.42. The summed E-state index contributed by atoms with van der Waals surface area (Å²) in [6.07, 6.45) is 0. The molecule has 0 atom stereocenters. The normalized spacial score (nSPS) is 9.62. The molecular weight excluding hydrogens is 276 g/mol. The highest BCUT2D eigenvalue weighted by Crippen LogP contribution is 2.21. The molecule has 86 valence electrons. The highest BCUT2D eigenvalue weighted by atomic mass is 79.9. The van der Waals surface area contributed by atoms with Gasteiger partial charge in [0.25, 0.3) is 0 Å². The molecule has 0 aliphatic rings. The Morgan fingerprint density at radius 2 is 2.06 bits per heavy atom. The van der Waals surface area contributed by atoms with Crippen molar-refractivity contribution in [1.29, 1.82) is 0 Å². The molecule has 1 rings (SSSR count). The smallest absolute Gasteiger partial charge is 0.323 e. The van der Waals surface area contributed by atoms with Gasteiger partial charge in [0.15, 0.2) is 0 Å². The van der Waals surface area contributed by atoms with E-state index < -0.39 is 12.0 Å². The van der Waals surface area contributed by atoms with Crippen LogP contribution in [-0.4, -0.2) is 35.6 Å². The van der Waals surface area contributed by atoms with E-state index in [1.807, 2.05) is 6.07 Å². The highest BCUT2D eigenvalue weighted by molar-refractivity contribution is 9.10. The van der Waals surface area contributed by atoms with Crippen LogP contribution in [0.4, 0.5) is 10.5 Å². The summed E-state index contributed by atoms with van der Waals surface area (Å²) in [6.45, 7) is -0.337. The van der Waals surface area contributed by atoms with Crippen LogP contribution in [0, 0.1) is 0 Å². The largest absolute Gasteiger partial charge is 0.480 e. The number of carboxylic acids is 1. The number of carbonyl (C=O) groups excluding carboxylic acids is 1. The lowest BCUT2D eigenvalue weighted by atomic mass is 10.3. The van der Waals surface area contributed by atoms with Crippen LogP contribution in [0.3, 0.4) is 0 Å². The number of hydrogen-bond donors (Lipinski definition) is 2. The van der Waals surface area contributed by atoms with Gasteiger partial charge in [-0.15, -0.1) is 0 Å². The summed E-state index contributed by atoms with van der Waals surface area (Å²) in [6, 6.07) is 6.64. The third-order valence-electron chi connectivity index (χ3n) is 1.83. The van der Waals surface area contributed by atoms with Crippen LogP contribution < -0.4 is 5.32 Å². The number of urea groups is 1. The maximum absolute atomic E-state index is 11.5. The number of carbonyl (C=O) groups is 2. The number of rotatable bonds is 3. The molecule has 16 heavy (non-hydrogen) atoms. The Labute approximate surface area is 101 Å². The molecule has 0 fully saturated rings. The molecular formula is C10H11BrN2O3. The summed E-state index contributed by atoms with van der Waals surface area (Å²) >= 11 is 3.28. The second-order valence-electron chi connectivity index (χ2n) is 3.16. The molecule has 2 amide bonds. The van der Waals surface area contributed by atoms with E-state index >= 15 is 0 Å². The van der Waals surface area contributed by atoms with Gasteiger partial charge >= 0.3 is 12.0 Å². The highest BCUT2D eigenvalue weighted by Gasteiger charge is 2.12. The van der Waals surface area contributed by atoms with Crippen LogP contribution in [0.5, 0.6) is 0 Å². The van der Waals surface area contributed by atoms with E-state index in [-0.39, 0.29) is 6.54 Å². The van der Waals surface area contributed by atoms with Crippen molar-refractivity contribution in [3.05, 3.63) is 28.7 Å². The van der Waals surface area contributed by atoms with Gasteiger partial charge in [-0.05, 0) is 28.1 Å². The monoisotopic (exact) mass is 286 g/mol. The first-order valence-electron chi connectivity index (χ1n) is 4.49. The summed E-state index contributed by atoms with van der Waals surface area (Å²) in [5.74, 6) is -1.05. The molecule has 0 aromatic heterocycles. The molecule has 0 bridgehead atoms. The predicted octanol–water partition coefficient (Wildman–Crippen LogP) is 2.00. The van der Waals surface area contributed by atoms with Gasteiger partial charge in [0.2, 0.25) is 0 Å². The van der Waals surface area contributed by atoms with Crippen molar-refractivity contribution in [1.82, 2.24) is 4.90 Å². The Morgan fingerprint density at radius 1 is 1.44 bits per heavy atom. The van der Waals surface area contributed by atoms with Gasteiger partial charge in [0, 0.05) is 11.5 Å². The van der Waals surface area contributed by atoms with E-state index in [1.165, 1.54) is 7.05 Å². The molecule has 1 aromatic rings. The molecule has 0 unspecified atom stereocenters. The molecule has 1 aromatic carbocycles. The van der Waals surface area contributed by atoms with Crippen molar-refractivity contribution in [3.63, 3.8) is 0 Å². The molecule has 6 heteroatoms. The fraction of sp³-hybridized carbons (Fsp3) is 0.200. The summed E-state index contributed by atoms with van der Waals surface area (Å²) in [4.78, 5) is 23.0. The zero-order valence-corrected chi connectivity index (χ0v) is 10.2. The van der Waals surface area contributed by atoms with Crippen LogP contribution >= 0.6 is 15.9 Å². The van der Waals surface area contributed by atoms with E-state index in [9.17, 15) is 9.59 Å². The first-order chi connectivity index (χ1) is 7.50. The molecule has 0 spiro atoms. The number of anilines is 1. The van der Waals surface area contributed by atoms with Gasteiger partial charge in [-0.1, -0.05) is 12.1 Å². The number of likely N-dealkylation sites (N-methyl/N-ethyl adjacent to an activating group) is 1. The van der Waals surface area contributed by atoms with Crippen LogP contribution in [0.1, 0.15) is 0 Å². The number of nitrogens with zero attached hydrogens (tertiary/aromatic N) is 1. The molecule has 0 aliphatic heterocycles. The van der Waals surface area contributed by atoms with E-state index in [4.69, 9.17) is 5.11 Å². The van der Waals surface area contributed by atoms with Crippen LogP contribution in [0.2, 0.25) is 0 Å². The number of para-hydroxylation sites is 1. The fourth-order valence-corrected chi connectivity index (χ4v) is 1.43. The molecule has 0 saturated carbocycles. The lowest BCUT2D eigenvalue weighted by Crippen LogP contribution is -2.35. The Kier molecular flexibility index (Phi) is 4.30. The van der Waals surface area contributed by atoms with Gasteiger partial charge in [-0.3, -0.25) is 4.79 Å². The summed E-state index contributed by atoms with van der Waals surface area (Å²) in [5, 5.41) is 11.1. The number of amides is 2. The maximum atomic E-state index is 11.5. The molecule has 0 saturated heterocycles. The SMILES string of the molecule is CN(CC(=O)O)C(=O)Nc1ccccc1Br. The van der Waals surface area contributed by atoms with Crippen molar-refractivity contribution >= 4 is 33.6 Å². The number of hydrogen-bond acceptors (Lipinski definition) is 2. The molecule has 5 nitrogen and oxygen atoms in total. The van der Waals surface area contributed by atoms with Crippen LogP contribution in [0.15, 0.2) is 28.7 Å². The average molecular weight is 287 g/mol. The second kappa shape index (κ2) is 5.50. The molecule has 0 heterocycles. The fourth-order valence-electron chi connectivity index (χ4n) is 1.05. The standard InChI is InChI=1S/C10H11BrN2O3/c1-13(6-9(14)15)10(16)12-8-5-3-2-4-7(8)11/h2-5H,6H2,1H3,(H,12,16)(H,14,15). The van der Waals surface area contributed by atoms with E-state index in [0.29, 0.717) is 5.69 Å². The lowest BCUT2D eigenvalue weighted by Gasteiger charge is -2.16. The summed E-state index contributed by atoms with van der Waals surface area (Å²) < 4.78 is 0.743. The maximum Gasteiger partial charge on any atom is 0.323 e. The number of halogens is 1. The first kappa shape index (κ1) is 12.5. The van der Waals surface area contributed by atoms with Gasteiger partial charge in [-0.2, -0.15) is 0 Å². The Morgan fingerprint density at radius 3 is 2.62 bits per heavy atom. The quantitative estimate of drug-likeness (QED) is 0.893. The predicted molar refractivity (Wildman–Crippen MR) is 63.4 cm³/mol. The molecule has 0 aliphatic carbocycles. The Balaban J connectivity index is 2.64. The lowest BCUT2D eigenvalue weighted by molar-refractivity contribution is -0.137. The van der Waals surface area contributed by atoms with Crippen LogP contribution in [-0.2, 0) is 4.79 Å². The third-order valence-corrected chi connectivity index (χ3v) is 2.53. The number of aliphatic carboxylic acids is 1. The number of carboxylic acid groups (broad SMARTS) is 1. The van der Waals surface area contributed by atoms with Gasteiger partial charge in [0.05, 0.1) is 5.69 Å². The number of nitrogens with one attached hydrogen (secondary N) is 1. The van der Waals surface area contributed by atoms with Crippen LogP contribution in [0.25, 0.3) is 0 Å². The second-order valence-corrected chi connectivity index (χ2v) is 4.01. The van der Waals surface area contributed by atoms with Gasteiger partial charge in [0.1, 0.15) is 6.54 Å². The summed E-state index contributed by atoms with van der Waals surface area (Å²) in [5.41, 5.74) is 0.602. The Bertz CT molecular complexity index is 409. The molecule has 0 radical (unpaired) electrons. The van der Waals surface area contributed by atoms with Gasteiger partial charge in [-0.25, -0.2) is 4.79 Å². The average Bonchev–Trinajstić information content (AvgIpc) is 2.20. The van der Waals surface area contributed by atoms with Crippen molar-refractivity contribution in [2.45, 2.75) is 0 Å². The zero-order valence-electron chi connectivity index (χ0n) is 8.61. The number of benzene rings is 1.